The Bertz CT molecular complexity index is 1240. The van der Waals surface area contributed by atoms with E-state index in [0.29, 0.717) is 28.1 Å². The molecule has 1 atom stereocenters. The number of likely N-dealkylation sites (N-methyl/N-ethyl adjacent to an activating group) is 1. The van der Waals surface area contributed by atoms with Crippen LogP contribution in [-0.4, -0.2) is 52.6 Å². The van der Waals surface area contributed by atoms with E-state index in [2.05, 4.69) is 4.90 Å². The summed E-state index contributed by atoms with van der Waals surface area (Å²) in [7, 11) is 3.40. The fraction of sp³-hybridized carbons (Fsp3) is 0.292. The number of amides is 1. The molecule has 0 aliphatic carbocycles. The number of benzene rings is 2. The van der Waals surface area contributed by atoms with Crippen molar-refractivity contribution in [1.29, 1.82) is 0 Å². The van der Waals surface area contributed by atoms with Gasteiger partial charge >= 0.3 is 0 Å². The second-order valence-electron chi connectivity index (χ2n) is 8.30. The first-order valence-corrected chi connectivity index (χ1v) is 12.5. The number of carbonyl (C=O) groups excluding carboxylic acids is 1. The molecule has 1 unspecified atom stereocenters. The quantitative estimate of drug-likeness (QED) is 0.515. The number of hydrogen-bond acceptors (Lipinski definition) is 6. The molecule has 0 bridgehead atoms. The van der Waals surface area contributed by atoms with Crippen LogP contribution in [0.1, 0.15) is 16.8 Å². The molecular formula is C24H23ClN4O3S. The molecule has 9 heteroatoms. The Morgan fingerprint density at radius 1 is 1.21 bits per heavy atom. The van der Waals surface area contributed by atoms with Gasteiger partial charge in [0.15, 0.2) is 12.4 Å². The lowest BCUT2D eigenvalue weighted by molar-refractivity contribution is -0.130. The number of aromatic nitrogens is 2. The highest BCUT2D eigenvalue weighted by atomic mass is 35.5. The van der Waals surface area contributed by atoms with Crippen LogP contribution in [0.4, 0.5) is 11.5 Å². The van der Waals surface area contributed by atoms with E-state index in [9.17, 15) is 9.35 Å². The van der Waals surface area contributed by atoms with Gasteiger partial charge in [0.05, 0.1) is 5.56 Å². The Hall–Kier alpha value is -2.81. The lowest BCUT2D eigenvalue weighted by Crippen LogP contribution is -2.27. The van der Waals surface area contributed by atoms with Crippen molar-refractivity contribution in [3.05, 3.63) is 64.3 Å². The zero-order valence-electron chi connectivity index (χ0n) is 18.4. The lowest BCUT2D eigenvalue weighted by atomic mass is 10.1. The third kappa shape index (κ3) is 4.38. The summed E-state index contributed by atoms with van der Waals surface area (Å²) in [6, 6.07) is 13.3. The molecule has 3 heterocycles. The molecule has 2 aliphatic heterocycles. The fourth-order valence-electron chi connectivity index (χ4n) is 4.07. The molecule has 2 aromatic carbocycles. The van der Waals surface area contributed by atoms with Crippen molar-refractivity contribution in [2.45, 2.75) is 17.9 Å². The molecular weight excluding hydrogens is 460 g/mol. The monoisotopic (exact) mass is 482 g/mol. The summed E-state index contributed by atoms with van der Waals surface area (Å²) in [4.78, 5) is 25.2. The van der Waals surface area contributed by atoms with E-state index in [0.717, 1.165) is 41.3 Å². The number of halogens is 1. The minimum atomic E-state index is -0.996. The van der Waals surface area contributed by atoms with Crippen LogP contribution >= 0.6 is 11.6 Å². The summed E-state index contributed by atoms with van der Waals surface area (Å²) < 4.78 is 18.2. The number of fused-ring (bicyclic) bond motifs is 2. The van der Waals surface area contributed by atoms with Crippen LogP contribution in [0.3, 0.4) is 0 Å². The highest BCUT2D eigenvalue weighted by Crippen LogP contribution is 2.41. The number of carbonyl (C=O) groups is 1. The van der Waals surface area contributed by atoms with E-state index in [-0.39, 0.29) is 12.5 Å². The molecule has 170 valence electrons. The maximum Gasteiger partial charge on any atom is 0.259 e. The minimum Gasteiger partial charge on any atom is -0.616 e. The molecule has 0 saturated carbocycles. The van der Waals surface area contributed by atoms with Gasteiger partial charge in [-0.05, 0) is 41.4 Å². The predicted octanol–water partition coefficient (Wildman–Crippen LogP) is 3.72. The van der Waals surface area contributed by atoms with Crippen LogP contribution in [0.5, 0.6) is 5.75 Å². The predicted molar refractivity (Wildman–Crippen MR) is 129 cm³/mol. The van der Waals surface area contributed by atoms with E-state index in [1.807, 2.05) is 42.5 Å². The van der Waals surface area contributed by atoms with E-state index in [1.165, 1.54) is 10.5 Å². The fourth-order valence-corrected chi connectivity index (χ4v) is 5.53. The van der Waals surface area contributed by atoms with Gasteiger partial charge in [-0.25, -0.2) is 9.97 Å². The normalized spacial score (nSPS) is 16.5. The smallest absolute Gasteiger partial charge is 0.259 e. The maximum atomic E-state index is 12.4. The SMILES string of the molecule is CN(C)C(=O)COc1ccc2c(c1)N(c1nc(-c3cccc(Cl)c3)nc3c1C[S+]([O-])C3)CC2. The Morgan fingerprint density at radius 3 is 2.85 bits per heavy atom. The first-order chi connectivity index (χ1) is 15.9. The third-order valence-corrected chi connectivity index (χ3v) is 7.27. The molecule has 0 fully saturated rings. The van der Waals surface area contributed by atoms with E-state index < -0.39 is 11.2 Å². The molecule has 0 saturated heterocycles. The van der Waals surface area contributed by atoms with Gasteiger partial charge in [0, 0.05) is 43.0 Å². The zero-order chi connectivity index (χ0) is 23.1. The summed E-state index contributed by atoms with van der Waals surface area (Å²) in [5.41, 5.74) is 4.74. The number of nitrogens with zero attached hydrogens (tertiary/aromatic N) is 4. The van der Waals surface area contributed by atoms with Crippen LogP contribution < -0.4 is 9.64 Å². The van der Waals surface area contributed by atoms with E-state index in [4.69, 9.17) is 26.3 Å². The van der Waals surface area contributed by atoms with Gasteiger partial charge in [0.1, 0.15) is 28.8 Å². The molecule has 1 amide bonds. The highest BCUT2D eigenvalue weighted by Gasteiger charge is 2.33. The molecule has 1 aromatic heterocycles. The van der Waals surface area contributed by atoms with Crippen LogP contribution in [0, 0.1) is 0 Å². The third-order valence-electron chi connectivity index (χ3n) is 5.83. The standard InChI is InChI=1S/C24H23ClN4O3S/c1-28(2)22(30)12-32-18-7-6-15-8-9-29(21(15)11-18)24-19-13-33(31)14-20(19)26-23(27-24)16-4-3-5-17(25)10-16/h3-7,10-11H,8-9,12-14H2,1-2H3. The van der Waals surface area contributed by atoms with Crippen molar-refractivity contribution in [3.8, 4) is 17.1 Å². The Labute approximate surface area is 200 Å². The van der Waals surface area contributed by atoms with Gasteiger partial charge in [-0.15, -0.1) is 0 Å². The summed E-state index contributed by atoms with van der Waals surface area (Å²) in [5, 5.41) is 0.613. The van der Waals surface area contributed by atoms with Gasteiger partial charge < -0.3 is 19.1 Å². The first kappa shape index (κ1) is 22.0. The summed E-state index contributed by atoms with van der Waals surface area (Å²) in [5.74, 6) is 2.74. The van der Waals surface area contributed by atoms with E-state index in [1.54, 1.807) is 14.1 Å². The van der Waals surface area contributed by atoms with Gasteiger partial charge in [-0.3, -0.25) is 4.79 Å². The molecule has 33 heavy (non-hydrogen) atoms. The van der Waals surface area contributed by atoms with Crippen molar-refractivity contribution < 1.29 is 14.1 Å². The van der Waals surface area contributed by atoms with E-state index >= 15 is 0 Å². The molecule has 7 nitrogen and oxygen atoms in total. The molecule has 0 N–H and O–H groups in total. The Kier molecular flexibility index (Phi) is 5.90. The van der Waals surface area contributed by atoms with Crippen LogP contribution in [0.25, 0.3) is 11.4 Å². The number of rotatable bonds is 5. The molecule has 3 aromatic rings. The minimum absolute atomic E-state index is 0.0212. The number of anilines is 2. The van der Waals surface area contributed by atoms with Crippen LogP contribution in [0.2, 0.25) is 5.02 Å². The van der Waals surface area contributed by atoms with Crippen molar-refractivity contribution in [1.82, 2.24) is 14.9 Å². The van der Waals surface area contributed by atoms with Gasteiger partial charge in [0.2, 0.25) is 0 Å². The Morgan fingerprint density at radius 2 is 2.06 bits per heavy atom. The van der Waals surface area contributed by atoms with Crippen LogP contribution in [0.15, 0.2) is 42.5 Å². The lowest BCUT2D eigenvalue weighted by Gasteiger charge is -2.22. The summed E-state index contributed by atoms with van der Waals surface area (Å²) in [6.07, 6.45) is 0.862. The van der Waals surface area contributed by atoms with Crippen molar-refractivity contribution in [3.63, 3.8) is 0 Å². The number of ether oxygens (including phenoxy) is 1. The summed E-state index contributed by atoms with van der Waals surface area (Å²) >= 11 is 5.21. The largest absolute Gasteiger partial charge is 0.616 e. The van der Waals surface area contributed by atoms with Gasteiger partial charge in [0.25, 0.3) is 5.91 Å². The molecule has 5 rings (SSSR count). The number of hydrogen-bond donors (Lipinski definition) is 0. The van der Waals surface area contributed by atoms with Crippen molar-refractivity contribution in [2.75, 3.05) is 32.1 Å². The Balaban J connectivity index is 1.53. The molecule has 0 spiro atoms. The maximum absolute atomic E-state index is 12.4. The first-order valence-electron chi connectivity index (χ1n) is 10.6. The summed E-state index contributed by atoms with van der Waals surface area (Å²) in [6.45, 7) is 0.729. The molecule has 0 radical (unpaired) electrons. The second kappa shape index (κ2) is 8.85. The van der Waals surface area contributed by atoms with Crippen LogP contribution in [-0.2, 0) is 33.9 Å². The molecule has 2 aliphatic rings. The average molecular weight is 483 g/mol. The topological polar surface area (TPSA) is 81.6 Å². The van der Waals surface area contributed by atoms with Gasteiger partial charge in [-0.2, -0.15) is 0 Å². The van der Waals surface area contributed by atoms with Gasteiger partial charge in [-0.1, -0.05) is 29.8 Å². The zero-order valence-corrected chi connectivity index (χ0v) is 19.9. The highest BCUT2D eigenvalue weighted by molar-refractivity contribution is 7.90. The average Bonchev–Trinajstić information content (AvgIpc) is 3.38. The van der Waals surface area contributed by atoms with Crippen molar-refractivity contribution in [2.24, 2.45) is 0 Å². The van der Waals surface area contributed by atoms with Crippen molar-refractivity contribution >= 4 is 40.2 Å². The second-order valence-corrected chi connectivity index (χ2v) is 10.2.